The summed E-state index contributed by atoms with van der Waals surface area (Å²) in [6, 6.07) is 19.5. The number of fused-ring (bicyclic) bond motifs is 2. The highest BCUT2D eigenvalue weighted by Gasteiger charge is 2.48. The van der Waals surface area contributed by atoms with Gasteiger partial charge in [0.05, 0.1) is 12.8 Å². The molecule has 30 heavy (non-hydrogen) atoms. The first-order valence-corrected chi connectivity index (χ1v) is 10.00. The van der Waals surface area contributed by atoms with Crippen LogP contribution in [0, 0.1) is 0 Å². The molecular formula is C23H21N3O4. The molecule has 3 aromatic rings. The lowest BCUT2D eigenvalue weighted by Gasteiger charge is -2.47. The predicted molar refractivity (Wildman–Crippen MR) is 109 cm³/mol. The van der Waals surface area contributed by atoms with E-state index in [1.165, 1.54) is 4.68 Å². The molecule has 2 unspecified atom stereocenters. The van der Waals surface area contributed by atoms with Crippen molar-refractivity contribution in [1.29, 1.82) is 0 Å². The van der Waals surface area contributed by atoms with E-state index in [1.54, 1.807) is 4.90 Å². The van der Waals surface area contributed by atoms with Crippen LogP contribution >= 0.6 is 0 Å². The van der Waals surface area contributed by atoms with Gasteiger partial charge in [0.2, 0.25) is 5.43 Å². The third-order valence-corrected chi connectivity index (χ3v) is 5.82. The fourth-order valence-corrected chi connectivity index (χ4v) is 4.51. The molecule has 1 amide bonds. The summed E-state index contributed by atoms with van der Waals surface area (Å²) in [4.78, 5) is 26.9. The first kappa shape index (κ1) is 18.6. The smallest absolute Gasteiger partial charge is 0.278 e. The van der Waals surface area contributed by atoms with Crippen LogP contribution in [0.15, 0.2) is 71.7 Å². The zero-order valence-electron chi connectivity index (χ0n) is 16.2. The normalized spacial score (nSPS) is 20.7. The minimum absolute atomic E-state index is 0.0777. The summed E-state index contributed by atoms with van der Waals surface area (Å²) in [6.45, 7) is 1.03. The highest BCUT2D eigenvalue weighted by atomic mass is 16.5. The predicted octanol–water partition coefficient (Wildman–Crippen LogP) is 2.52. The summed E-state index contributed by atoms with van der Waals surface area (Å²) in [5.41, 5.74) is 1.32. The maximum Gasteiger partial charge on any atom is 0.278 e. The van der Waals surface area contributed by atoms with Gasteiger partial charge < -0.3 is 14.7 Å². The van der Waals surface area contributed by atoms with Crippen molar-refractivity contribution in [2.24, 2.45) is 0 Å². The van der Waals surface area contributed by atoms with Gasteiger partial charge in [-0.1, -0.05) is 60.7 Å². The van der Waals surface area contributed by atoms with Crippen molar-refractivity contribution in [3.8, 4) is 5.75 Å². The fraction of sp³-hybridized carbons (Fsp3) is 0.261. The fourth-order valence-electron chi connectivity index (χ4n) is 4.51. The number of nitrogens with zero attached hydrogens (tertiary/aromatic N) is 3. The molecule has 1 fully saturated rings. The van der Waals surface area contributed by atoms with Crippen LogP contribution in [0.1, 0.15) is 40.0 Å². The number of aromatic nitrogens is 2. The Morgan fingerprint density at radius 3 is 2.27 bits per heavy atom. The molecule has 1 aromatic heterocycles. The first-order valence-electron chi connectivity index (χ1n) is 10.00. The maximum absolute atomic E-state index is 13.2. The standard InChI is InChI=1S/C23H21N3O4/c27-17-14-24-26-19(23-25(12-7-13-30-23)22(29)20(26)21(17)28)18(15-8-3-1-4-9-15)16-10-5-2-6-11-16/h1-6,8-11,14,18-19,23,28H,7,12-13H2. The molecular weight excluding hydrogens is 382 g/mol. The Bertz CT molecular complexity index is 1090. The van der Waals surface area contributed by atoms with E-state index in [-0.39, 0.29) is 11.6 Å². The molecule has 1 saturated heterocycles. The van der Waals surface area contributed by atoms with Crippen LogP contribution in [-0.2, 0) is 4.74 Å². The van der Waals surface area contributed by atoms with Crippen LogP contribution in [0.25, 0.3) is 0 Å². The van der Waals surface area contributed by atoms with E-state index in [0.29, 0.717) is 19.6 Å². The van der Waals surface area contributed by atoms with Gasteiger partial charge in [0.25, 0.3) is 5.91 Å². The molecule has 0 radical (unpaired) electrons. The van der Waals surface area contributed by atoms with Crippen LogP contribution in [0.2, 0.25) is 0 Å². The Hall–Kier alpha value is -3.45. The second-order valence-corrected chi connectivity index (χ2v) is 7.55. The minimum Gasteiger partial charge on any atom is -0.502 e. The van der Waals surface area contributed by atoms with Gasteiger partial charge in [0, 0.05) is 12.5 Å². The third kappa shape index (κ3) is 2.90. The molecule has 7 nitrogen and oxygen atoms in total. The molecule has 0 saturated carbocycles. The number of amides is 1. The minimum atomic E-state index is -0.666. The summed E-state index contributed by atoms with van der Waals surface area (Å²) in [5.74, 6) is -1.21. The van der Waals surface area contributed by atoms with Crippen molar-refractivity contribution < 1.29 is 14.6 Å². The van der Waals surface area contributed by atoms with Crippen LogP contribution in [0.5, 0.6) is 5.75 Å². The highest BCUT2D eigenvalue weighted by molar-refractivity contribution is 5.96. The maximum atomic E-state index is 13.2. The molecule has 5 rings (SSSR count). The van der Waals surface area contributed by atoms with Crippen LogP contribution in [0.3, 0.4) is 0 Å². The van der Waals surface area contributed by atoms with E-state index in [1.807, 2.05) is 60.7 Å². The van der Waals surface area contributed by atoms with Gasteiger partial charge in [-0.3, -0.25) is 9.59 Å². The van der Waals surface area contributed by atoms with Crippen molar-refractivity contribution in [3.05, 3.63) is 93.9 Å². The molecule has 2 atom stereocenters. The summed E-state index contributed by atoms with van der Waals surface area (Å²) >= 11 is 0. The molecule has 0 aliphatic carbocycles. The SMILES string of the molecule is O=C1c2c(O)c(=O)cnn2C(C(c2ccccc2)c2ccccc2)C2OCCCN12. The Balaban J connectivity index is 1.77. The van der Waals surface area contributed by atoms with E-state index in [4.69, 9.17) is 4.74 Å². The molecule has 2 aromatic carbocycles. The van der Waals surface area contributed by atoms with E-state index in [2.05, 4.69) is 5.10 Å². The van der Waals surface area contributed by atoms with Crippen molar-refractivity contribution in [2.45, 2.75) is 24.6 Å². The van der Waals surface area contributed by atoms with Crippen LogP contribution in [-0.4, -0.2) is 45.1 Å². The van der Waals surface area contributed by atoms with Gasteiger partial charge in [-0.25, -0.2) is 4.68 Å². The zero-order valence-corrected chi connectivity index (χ0v) is 16.2. The summed E-state index contributed by atoms with van der Waals surface area (Å²) in [7, 11) is 0. The highest BCUT2D eigenvalue weighted by Crippen LogP contribution is 2.43. The van der Waals surface area contributed by atoms with Gasteiger partial charge in [-0.15, -0.1) is 0 Å². The number of carbonyl (C=O) groups excluding carboxylic acids is 1. The average molecular weight is 403 g/mol. The lowest BCUT2D eigenvalue weighted by Crippen LogP contribution is -2.57. The topological polar surface area (TPSA) is 84.7 Å². The molecule has 2 aliphatic rings. The molecule has 0 spiro atoms. The lowest BCUT2D eigenvalue weighted by molar-refractivity contribution is -0.117. The van der Waals surface area contributed by atoms with E-state index < -0.39 is 29.4 Å². The summed E-state index contributed by atoms with van der Waals surface area (Å²) in [6.07, 6.45) is 1.20. The second-order valence-electron chi connectivity index (χ2n) is 7.55. The largest absolute Gasteiger partial charge is 0.502 e. The number of hydrogen-bond donors (Lipinski definition) is 1. The number of rotatable bonds is 3. The first-order chi connectivity index (χ1) is 14.7. The Morgan fingerprint density at radius 1 is 1.00 bits per heavy atom. The van der Waals surface area contributed by atoms with E-state index in [0.717, 1.165) is 17.3 Å². The molecule has 1 N–H and O–H groups in total. The Labute approximate surface area is 173 Å². The zero-order chi connectivity index (χ0) is 20.7. The van der Waals surface area contributed by atoms with Crippen molar-refractivity contribution in [3.63, 3.8) is 0 Å². The van der Waals surface area contributed by atoms with Crippen molar-refractivity contribution in [2.75, 3.05) is 13.2 Å². The average Bonchev–Trinajstić information content (AvgIpc) is 2.80. The molecule has 3 heterocycles. The molecule has 2 aliphatic heterocycles. The molecule has 0 bridgehead atoms. The quantitative estimate of drug-likeness (QED) is 0.727. The summed E-state index contributed by atoms with van der Waals surface area (Å²) in [5, 5.41) is 14.8. The second kappa shape index (κ2) is 7.42. The Morgan fingerprint density at radius 2 is 1.63 bits per heavy atom. The number of ether oxygens (including phenoxy) is 1. The molecule has 152 valence electrons. The Kier molecular flexibility index (Phi) is 4.59. The monoisotopic (exact) mass is 403 g/mol. The van der Waals surface area contributed by atoms with Gasteiger partial charge in [0.1, 0.15) is 6.04 Å². The van der Waals surface area contributed by atoms with E-state index in [9.17, 15) is 14.7 Å². The molecule has 7 heteroatoms. The third-order valence-electron chi connectivity index (χ3n) is 5.82. The van der Waals surface area contributed by atoms with Gasteiger partial charge in [-0.2, -0.15) is 5.10 Å². The van der Waals surface area contributed by atoms with Crippen LogP contribution < -0.4 is 5.43 Å². The lowest BCUT2D eigenvalue weighted by atomic mass is 9.82. The summed E-state index contributed by atoms with van der Waals surface area (Å²) < 4.78 is 7.58. The van der Waals surface area contributed by atoms with E-state index >= 15 is 0 Å². The van der Waals surface area contributed by atoms with Crippen molar-refractivity contribution in [1.82, 2.24) is 14.7 Å². The number of hydrogen-bond acceptors (Lipinski definition) is 5. The van der Waals surface area contributed by atoms with Crippen LogP contribution in [0.4, 0.5) is 0 Å². The van der Waals surface area contributed by atoms with Gasteiger partial charge in [-0.05, 0) is 17.5 Å². The number of benzene rings is 2. The van der Waals surface area contributed by atoms with Crippen molar-refractivity contribution >= 4 is 5.91 Å². The van der Waals surface area contributed by atoms with Gasteiger partial charge >= 0.3 is 0 Å². The number of carbonyl (C=O) groups is 1. The van der Waals surface area contributed by atoms with Gasteiger partial charge in [0.15, 0.2) is 17.7 Å². The number of aromatic hydroxyl groups is 1.